The Morgan fingerprint density at radius 1 is 1.21 bits per heavy atom. The molecule has 3 aromatic heterocycles. The van der Waals surface area contributed by atoms with Crippen molar-refractivity contribution in [3.8, 4) is 0 Å². The van der Waals surface area contributed by atoms with E-state index in [4.69, 9.17) is 23.2 Å². The summed E-state index contributed by atoms with van der Waals surface area (Å²) in [5.41, 5.74) is 2.12. The number of rotatable bonds is 2. The van der Waals surface area contributed by atoms with Crippen LogP contribution in [-0.2, 0) is 0 Å². The second-order valence-electron chi connectivity index (χ2n) is 4.07. The molecule has 3 rings (SSSR count). The van der Waals surface area contributed by atoms with Crippen LogP contribution in [0.4, 0.5) is 0 Å². The van der Waals surface area contributed by atoms with Crippen LogP contribution in [0.5, 0.6) is 0 Å². The third-order valence-electron chi connectivity index (χ3n) is 2.81. The Morgan fingerprint density at radius 3 is 2.84 bits per heavy atom. The van der Waals surface area contributed by atoms with E-state index in [2.05, 4.69) is 20.1 Å². The summed E-state index contributed by atoms with van der Waals surface area (Å²) in [6.07, 6.45) is 4.82. The van der Waals surface area contributed by atoms with Crippen LogP contribution in [0.25, 0.3) is 11.2 Å². The summed E-state index contributed by atoms with van der Waals surface area (Å²) in [4.78, 5) is 12.7. The van der Waals surface area contributed by atoms with Gasteiger partial charge in [0, 0.05) is 11.2 Å². The van der Waals surface area contributed by atoms with E-state index in [1.165, 1.54) is 6.20 Å². The Kier molecular flexibility index (Phi) is 3.08. The predicted molar refractivity (Wildman–Crippen MR) is 73.4 cm³/mol. The van der Waals surface area contributed by atoms with Gasteiger partial charge in [-0.2, -0.15) is 5.10 Å². The fraction of sp³-hybridized carbons (Fsp3) is 0.167. The third kappa shape index (κ3) is 2.27. The van der Waals surface area contributed by atoms with Crippen LogP contribution in [0.2, 0.25) is 10.2 Å². The topological polar surface area (TPSA) is 56.5 Å². The fourth-order valence-electron chi connectivity index (χ4n) is 1.86. The zero-order valence-corrected chi connectivity index (χ0v) is 11.5. The molecule has 0 bridgehead atoms. The SMILES string of the molecule is CC(c1cc(Cl)ccn1)n1ncc2ncc(Cl)nc21. The Bertz CT molecular complexity index is 740. The minimum atomic E-state index is -0.107. The molecule has 1 unspecified atom stereocenters. The first-order valence-electron chi connectivity index (χ1n) is 5.62. The van der Waals surface area contributed by atoms with Gasteiger partial charge in [0.2, 0.25) is 0 Å². The van der Waals surface area contributed by atoms with Gasteiger partial charge in [-0.15, -0.1) is 0 Å². The van der Waals surface area contributed by atoms with E-state index in [1.54, 1.807) is 29.2 Å². The number of hydrogen-bond donors (Lipinski definition) is 0. The lowest BCUT2D eigenvalue weighted by Crippen LogP contribution is -2.10. The van der Waals surface area contributed by atoms with E-state index in [9.17, 15) is 0 Å². The van der Waals surface area contributed by atoms with Crippen molar-refractivity contribution in [3.05, 3.63) is 46.6 Å². The molecule has 3 aromatic rings. The highest BCUT2D eigenvalue weighted by Crippen LogP contribution is 2.22. The van der Waals surface area contributed by atoms with Crippen molar-refractivity contribution in [1.29, 1.82) is 0 Å². The van der Waals surface area contributed by atoms with Crippen LogP contribution in [0, 0.1) is 0 Å². The maximum Gasteiger partial charge on any atom is 0.178 e. The fourth-order valence-corrected chi connectivity index (χ4v) is 2.15. The molecule has 0 saturated heterocycles. The molecule has 19 heavy (non-hydrogen) atoms. The first-order chi connectivity index (χ1) is 9.15. The summed E-state index contributed by atoms with van der Waals surface area (Å²) in [5.74, 6) is 0. The normalized spacial score (nSPS) is 12.8. The first kappa shape index (κ1) is 12.3. The van der Waals surface area contributed by atoms with Gasteiger partial charge in [0.15, 0.2) is 5.65 Å². The number of halogens is 2. The van der Waals surface area contributed by atoms with Crippen LogP contribution < -0.4 is 0 Å². The van der Waals surface area contributed by atoms with E-state index in [0.29, 0.717) is 21.3 Å². The number of aromatic nitrogens is 5. The lowest BCUT2D eigenvalue weighted by Gasteiger charge is -2.12. The van der Waals surface area contributed by atoms with Gasteiger partial charge in [0.05, 0.1) is 24.1 Å². The summed E-state index contributed by atoms with van der Waals surface area (Å²) in [5, 5.41) is 5.26. The first-order valence-corrected chi connectivity index (χ1v) is 6.38. The molecule has 0 amide bonds. The standard InChI is InChI=1S/C12H9Cl2N5/c1-7(9-4-8(13)2-3-15-9)19-12-10(5-17-19)16-6-11(14)18-12/h2-7H,1H3. The Labute approximate surface area is 119 Å². The maximum atomic E-state index is 5.98. The van der Waals surface area contributed by atoms with Gasteiger partial charge in [-0.1, -0.05) is 23.2 Å². The van der Waals surface area contributed by atoms with Crippen molar-refractivity contribution in [2.75, 3.05) is 0 Å². The highest BCUT2D eigenvalue weighted by Gasteiger charge is 2.15. The van der Waals surface area contributed by atoms with Crippen LogP contribution in [0.3, 0.4) is 0 Å². The molecule has 7 heteroatoms. The van der Waals surface area contributed by atoms with E-state index < -0.39 is 0 Å². The minimum Gasteiger partial charge on any atom is -0.259 e. The lowest BCUT2D eigenvalue weighted by atomic mass is 10.2. The molecule has 1 atom stereocenters. The second kappa shape index (κ2) is 4.75. The Morgan fingerprint density at radius 2 is 2.05 bits per heavy atom. The molecular weight excluding hydrogens is 285 g/mol. The van der Waals surface area contributed by atoms with Crippen LogP contribution in [0.1, 0.15) is 18.7 Å². The molecule has 0 aliphatic heterocycles. The summed E-state index contributed by atoms with van der Waals surface area (Å²) in [7, 11) is 0. The molecule has 96 valence electrons. The summed E-state index contributed by atoms with van der Waals surface area (Å²) in [6.45, 7) is 1.97. The molecule has 5 nitrogen and oxygen atoms in total. The molecular formula is C12H9Cl2N5. The zero-order valence-electron chi connectivity index (χ0n) is 9.96. The monoisotopic (exact) mass is 293 g/mol. The van der Waals surface area contributed by atoms with Crippen molar-refractivity contribution >= 4 is 34.4 Å². The number of fused-ring (bicyclic) bond motifs is 1. The van der Waals surface area contributed by atoms with Crippen molar-refractivity contribution in [3.63, 3.8) is 0 Å². The molecule has 3 heterocycles. The van der Waals surface area contributed by atoms with Gasteiger partial charge in [0.25, 0.3) is 0 Å². The number of pyridine rings is 1. The molecule has 0 aliphatic carbocycles. The lowest BCUT2D eigenvalue weighted by molar-refractivity contribution is 0.565. The highest BCUT2D eigenvalue weighted by molar-refractivity contribution is 6.30. The molecule has 0 spiro atoms. The highest BCUT2D eigenvalue weighted by atomic mass is 35.5. The zero-order chi connectivity index (χ0) is 13.4. The molecule has 0 saturated carbocycles. The van der Waals surface area contributed by atoms with Gasteiger partial charge in [0.1, 0.15) is 10.7 Å². The third-order valence-corrected chi connectivity index (χ3v) is 3.23. The van der Waals surface area contributed by atoms with E-state index in [0.717, 1.165) is 5.69 Å². The molecule has 0 fully saturated rings. The number of nitrogens with zero attached hydrogens (tertiary/aromatic N) is 5. The van der Waals surface area contributed by atoms with Crippen LogP contribution in [-0.4, -0.2) is 24.7 Å². The van der Waals surface area contributed by atoms with E-state index >= 15 is 0 Å². The van der Waals surface area contributed by atoms with Crippen molar-refractivity contribution in [1.82, 2.24) is 24.7 Å². The average Bonchev–Trinajstić information content (AvgIpc) is 2.80. The molecule has 0 aliphatic rings. The summed E-state index contributed by atoms with van der Waals surface area (Å²) >= 11 is 11.8. The van der Waals surface area contributed by atoms with Gasteiger partial charge in [-0.25, -0.2) is 14.6 Å². The smallest absolute Gasteiger partial charge is 0.178 e. The molecule has 0 radical (unpaired) electrons. The van der Waals surface area contributed by atoms with Gasteiger partial charge < -0.3 is 0 Å². The summed E-state index contributed by atoms with van der Waals surface area (Å²) in [6, 6.07) is 3.43. The van der Waals surface area contributed by atoms with Crippen molar-refractivity contribution in [2.45, 2.75) is 13.0 Å². The Hall–Kier alpha value is -1.72. The minimum absolute atomic E-state index is 0.107. The largest absolute Gasteiger partial charge is 0.259 e. The van der Waals surface area contributed by atoms with E-state index in [-0.39, 0.29) is 6.04 Å². The van der Waals surface area contributed by atoms with Crippen LogP contribution >= 0.6 is 23.2 Å². The van der Waals surface area contributed by atoms with Gasteiger partial charge in [-0.05, 0) is 19.1 Å². The molecule has 0 N–H and O–H groups in total. The Balaban J connectivity index is 2.11. The predicted octanol–water partition coefficient (Wildman–Crippen LogP) is 3.14. The van der Waals surface area contributed by atoms with Crippen LogP contribution in [0.15, 0.2) is 30.7 Å². The van der Waals surface area contributed by atoms with Crippen molar-refractivity contribution < 1.29 is 0 Å². The maximum absolute atomic E-state index is 5.98. The van der Waals surface area contributed by atoms with Gasteiger partial charge in [-0.3, -0.25) is 4.98 Å². The molecule has 0 aromatic carbocycles. The second-order valence-corrected chi connectivity index (χ2v) is 4.89. The summed E-state index contributed by atoms with van der Waals surface area (Å²) < 4.78 is 1.73. The average molecular weight is 294 g/mol. The van der Waals surface area contributed by atoms with Crippen molar-refractivity contribution in [2.24, 2.45) is 0 Å². The number of hydrogen-bond acceptors (Lipinski definition) is 4. The van der Waals surface area contributed by atoms with Gasteiger partial charge >= 0.3 is 0 Å². The van der Waals surface area contributed by atoms with E-state index in [1.807, 2.05) is 6.92 Å². The quantitative estimate of drug-likeness (QED) is 0.728.